The average Bonchev–Trinajstić information content (AvgIpc) is 2.96. The Morgan fingerprint density at radius 2 is 1.49 bits per heavy atom. The van der Waals surface area contributed by atoms with E-state index in [1.165, 1.54) is 24.3 Å². The molecule has 0 saturated carbocycles. The van der Waals surface area contributed by atoms with Gasteiger partial charge in [0.2, 0.25) is 0 Å². The van der Waals surface area contributed by atoms with Crippen LogP contribution in [0.25, 0.3) is 33.4 Å². The number of nitrogen functional groups attached to an aromatic ring is 1. The Morgan fingerprint density at radius 1 is 0.878 bits per heavy atom. The lowest BCUT2D eigenvalue weighted by molar-refractivity contribution is 0.0526. The maximum Gasteiger partial charge on any atom is 0.407 e. The maximum atomic E-state index is 13.0. The van der Waals surface area contributed by atoms with E-state index < -0.39 is 81.5 Å². The Hall–Kier alpha value is -5.04. The molecule has 2 aliphatic rings. The largest absolute Gasteiger partial charge is 0.478 e. The van der Waals surface area contributed by atoms with Crippen LogP contribution in [0, 0.1) is 5.41 Å². The van der Waals surface area contributed by atoms with Crippen molar-refractivity contribution in [3.63, 3.8) is 0 Å². The summed E-state index contributed by atoms with van der Waals surface area (Å²) in [6.45, 7) is 5.85. The fraction of sp³-hybridized carbons (Fsp3) is 0.290. The van der Waals surface area contributed by atoms with Crippen LogP contribution < -0.4 is 21.7 Å². The first-order valence-corrected chi connectivity index (χ1v) is 17.5. The van der Waals surface area contributed by atoms with Crippen molar-refractivity contribution in [2.75, 3.05) is 18.8 Å². The van der Waals surface area contributed by atoms with E-state index in [-0.39, 0.29) is 34.2 Å². The third-order valence-electron chi connectivity index (χ3n) is 7.10. The van der Waals surface area contributed by atoms with Crippen LogP contribution in [0.1, 0.15) is 60.7 Å². The van der Waals surface area contributed by atoms with Gasteiger partial charge >= 0.3 is 12.1 Å². The Labute approximate surface area is 280 Å². The number of ether oxygens (including phenoxy) is 1. The van der Waals surface area contributed by atoms with Crippen LogP contribution in [0.3, 0.4) is 0 Å². The molecular weight excluding hydrogens is 684 g/mol. The highest BCUT2D eigenvalue weighted by atomic mass is 32.2. The topological polar surface area (TPSA) is 276 Å². The number of carboxylic acid groups (broad SMARTS) is 1. The first-order chi connectivity index (χ1) is 22.7. The second-order valence-corrected chi connectivity index (χ2v) is 14.6. The van der Waals surface area contributed by atoms with Gasteiger partial charge in [-0.05, 0) is 82.0 Å². The van der Waals surface area contributed by atoms with E-state index >= 15 is 0 Å². The number of fused-ring (bicyclic) bond motifs is 2. The van der Waals surface area contributed by atoms with Crippen LogP contribution in [-0.4, -0.2) is 67.7 Å². The minimum atomic E-state index is -5.18. The van der Waals surface area contributed by atoms with Gasteiger partial charge in [-0.25, -0.2) is 9.59 Å². The van der Waals surface area contributed by atoms with Crippen molar-refractivity contribution in [1.29, 1.82) is 5.41 Å². The smallest absolute Gasteiger partial charge is 0.407 e. The van der Waals surface area contributed by atoms with Crippen LogP contribution in [0.4, 0.5) is 10.5 Å². The molecule has 0 fully saturated rings. The van der Waals surface area contributed by atoms with Crippen molar-refractivity contribution in [2.24, 2.45) is 0 Å². The van der Waals surface area contributed by atoms with Gasteiger partial charge in [0.1, 0.15) is 5.60 Å². The summed E-state index contributed by atoms with van der Waals surface area (Å²) < 4.78 is 80.2. The zero-order valence-corrected chi connectivity index (χ0v) is 28.1. The standard InChI is InChI=1S/C31H34N4O12S2/c1-31(2,3)47-30(39)35-14-6-4-5-13-34-28(36)16-7-8-17(20(15-16)29(37)38)23-18-9-11-21(32)26(48(40,41)42)24(18)46-25-19(23)10-12-22(33)27(25)49(43,44)45/h7-12,15,32H,4-6,13-14,33H2,1-3H3,(H,34,36)(H,35,39)(H,37,38)(H,40,41,42)(H,43,44,45). The third-order valence-corrected chi connectivity index (χ3v) is 8.96. The van der Waals surface area contributed by atoms with Gasteiger partial charge in [0, 0.05) is 35.2 Å². The molecule has 18 heteroatoms. The van der Waals surface area contributed by atoms with Crippen molar-refractivity contribution < 1.29 is 54.6 Å². The summed E-state index contributed by atoms with van der Waals surface area (Å²) in [5, 5.41) is 22.8. The normalized spacial score (nSPS) is 12.2. The second-order valence-electron chi connectivity index (χ2n) is 11.9. The molecule has 2 aromatic rings. The number of amides is 2. The Balaban J connectivity index is 1.72. The predicted molar refractivity (Wildman–Crippen MR) is 176 cm³/mol. The summed E-state index contributed by atoms with van der Waals surface area (Å²) >= 11 is 0. The number of hydrogen-bond donors (Lipinski definition) is 7. The summed E-state index contributed by atoms with van der Waals surface area (Å²) in [7, 11) is -10.3. The molecule has 0 saturated heterocycles. The van der Waals surface area contributed by atoms with Gasteiger partial charge in [0.25, 0.3) is 26.1 Å². The van der Waals surface area contributed by atoms with Crippen LogP contribution in [0.2, 0.25) is 0 Å². The van der Waals surface area contributed by atoms with Gasteiger partial charge < -0.3 is 30.6 Å². The lowest BCUT2D eigenvalue weighted by Crippen LogP contribution is -2.33. The van der Waals surface area contributed by atoms with Gasteiger partial charge in [-0.3, -0.25) is 19.3 Å². The maximum absolute atomic E-state index is 13.0. The molecule has 1 heterocycles. The van der Waals surface area contributed by atoms with E-state index in [1.807, 2.05) is 0 Å². The molecule has 0 aromatic heterocycles. The number of hydrogen-bond acceptors (Lipinski definition) is 11. The second kappa shape index (κ2) is 13.8. The van der Waals surface area contributed by atoms with E-state index in [1.54, 1.807) is 20.8 Å². The molecule has 8 N–H and O–H groups in total. The highest BCUT2D eigenvalue weighted by molar-refractivity contribution is 7.86. The highest BCUT2D eigenvalue weighted by Gasteiger charge is 2.32. The molecule has 1 aliphatic carbocycles. The summed E-state index contributed by atoms with van der Waals surface area (Å²) in [5.74, 6) is -2.83. The van der Waals surface area contributed by atoms with E-state index in [4.69, 9.17) is 20.3 Å². The number of alkyl carbamates (subject to hydrolysis) is 1. The molecule has 0 unspecified atom stereocenters. The molecule has 16 nitrogen and oxygen atoms in total. The Bertz CT molecular complexity index is 2220. The van der Waals surface area contributed by atoms with Gasteiger partial charge in [0.15, 0.2) is 21.1 Å². The van der Waals surface area contributed by atoms with Gasteiger partial charge in [-0.2, -0.15) is 16.8 Å². The van der Waals surface area contributed by atoms with Gasteiger partial charge in [-0.15, -0.1) is 0 Å². The Kier molecular flexibility index (Phi) is 10.4. The monoisotopic (exact) mass is 718 g/mol. The molecule has 1 aliphatic heterocycles. The quantitative estimate of drug-likeness (QED) is 0.0502. The molecule has 49 heavy (non-hydrogen) atoms. The van der Waals surface area contributed by atoms with Crippen molar-refractivity contribution in [1.82, 2.24) is 10.6 Å². The molecule has 0 spiro atoms. The first-order valence-electron chi connectivity index (χ1n) is 14.6. The molecule has 0 atom stereocenters. The molecule has 262 valence electrons. The van der Waals surface area contributed by atoms with Gasteiger partial charge in [-0.1, -0.05) is 6.07 Å². The SMILES string of the molecule is CC(C)(C)OC(=O)NCCCCCNC(=O)c1ccc(-c2c3ccc(=N)c(S(=O)(=O)O)c-3oc3c(S(=O)(=O)O)c(N)ccc23)c(C(=O)O)c1. The predicted octanol–water partition coefficient (Wildman–Crippen LogP) is 3.88. The Morgan fingerprint density at radius 3 is 2.08 bits per heavy atom. The van der Waals surface area contributed by atoms with E-state index in [9.17, 15) is 45.4 Å². The summed E-state index contributed by atoms with van der Waals surface area (Å²) in [5.41, 5.74) is 3.14. The molecule has 2 aromatic carbocycles. The lowest BCUT2D eigenvalue weighted by Gasteiger charge is -2.20. The van der Waals surface area contributed by atoms with Crippen LogP contribution >= 0.6 is 0 Å². The summed E-state index contributed by atoms with van der Waals surface area (Å²) in [6, 6.07) is 8.20. The molecule has 0 bridgehead atoms. The van der Waals surface area contributed by atoms with Crippen LogP contribution in [0.5, 0.6) is 0 Å². The number of nitrogens with one attached hydrogen (secondary N) is 3. The highest BCUT2D eigenvalue weighted by Crippen LogP contribution is 2.45. The summed E-state index contributed by atoms with van der Waals surface area (Å²) in [6.07, 6.45) is 1.28. The zero-order valence-electron chi connectivity index (χ0n) is 26.5. The average molecular weight is 719 g/mol. The number of carboxylic acids is 1. The van der Waals surface area contributed by atoms with Gasteiger partial charge in [0.05, 0.1) is 16.6 Å². The van der Waals surface area contributed by atoms with Crippen molar-refractivity contribution >= 4 is 54.9 Å². The molecule has 4 rings (SSSR count). The minimum Gasteiger partial charge on any atom is -0.478 e. The number of carbonyl (C=O) groups excluding carboxylic acids is 2. The number of rotatable bonds is 11. The van der Waals surface area contributed by atoms with Crippen molar-refractivity contribution in [2.45, 2.75) is 55.4 Å². The number of benzene rings is 3. The van der Waals surface area contributed by atoms with Crippen molar-refractivity contribution in [3.05, 3.63) is 58.9 Å². The fourth-order valence-electron chi connectivity index (χ4n) is 5.11. The van der Waals surface area contributed by atoms with Crippen molar-refractivity contribution in [3.8, 4) is 22.5 Å². The molecule has 2 amide bonds. The number of anilines is 1. The third kappa shape index (κ3) is 8.34. The minimum absolute atomic E-state index is 0.0445. The van der Waals surface area contributed by atoms with E-state index in [2.05, 4.69) is 10.6 Å². The van der Waals surface area contributed by atoms with E-state index in [0.717, 1.165) is 18.2 Å². The number of aromatic carboxylic acids is 1. The van der Waals surface area contributed by atoms with Crippen LogP contribution in [-0.2, 0) is 25.0 Å². The van der Waals surface area contributed by atoms with Crippen LogP contribution in [0.15, 0.2) is 56.7 Å². The number of unbranched alkanes of at least 4 members (excludes halogenated alkanes) is 2. The number of carbonyl (C=O) groups is 3. The fourth-order valence-corrected chi connectivity index (χ4v) is 6.60. The first kappa shape index (κ1) is 36.8. The summed E-state index contributed by atoms with van der Waals surface area (Å²) in [4.78, 5) is 35.3. The molecular formula is C31H34N4O12S2. The molecule has 0 radical (unpaired) electrons. The zero-order chi connectivity index (χ0) is 36.5. The lowest BCUT2D eigenvalue weighted by atomic mass is 9.89. The number of nitrogens with two attached hydrogens (primary N) is 1. The van der Waals surface area contributed by atoms with E-state index in [0.29, 0.717) is 25.8 Å².